The van der Waals surface area contributed by atoms with Crippen LogP contribution in [0.25, 0.3) is 10.9 Å². The van der Waals surface area contributed by atoms with Crippen molar-refractivity contribution in [2.75, 3.05) is 4.90 Å². The Bertz CT molecular complexity index is 1100. The molecular formula is C24H28N2O2. The number of aromatic amines is 1. The zero-order chi connectivity index (χ0) is 20.6. The molecule has 0 saturated heterocycles. The molecule has 4 heteroatoms. The molecule has 146 valence electrons. The summed E-state index contributed by atoms with van der Waals surface area (Å²) >= 11 is 0. The number of H-pyrrole nitrogens is 1. The van der Waals surface area contributed by atoms with Gasteiger partial charge in [-0.2, -0.15) is 0 Å². The number of carbonyl (C=O) groups is 1. The number of pyridine rings is 1. The Morgan fingerprint density at radius 1 is 0.964 bits per heavy atom. The lowest BCUT2D eigenvalue weighted by molar-refractivity contribution is -0.125. The van der Waals surface area contributed by atoms with E-state index in [2.05, 4.69) is 4.98 Å². The van der Waals surface area contributed by atoms with E-state index in [1.54, 1.807) is 4.90 Å². The smallest absolute Gasteiger partial charge is 0.253 e. The first-order chi connectivity index (χ1) is 13.1. The molecule has 4 nitrogen and oxygen atoms in total. The monoisotopic (exact) mass is 376 g/mol. The molecule has 0 fully saturated rings. The molecule has 0 atom stereocenters. The number of nitrogens with one attached hydrogen (secondary N) is 1. The molecule has 28 heavy (non-hydrogen) atoms. The normalized spacial score (nSPS) is 11.6. The maximum Gasteiger partial charge on any atom is 0.253 e. The molecule has 0 aliphatic heterocycles. The van der Waals surface area contributed by atoms with Crippen molar-refractivity contribution in [2.24, 2.45) is 5.41 Å². The second kappa shape index (κ2) is 7.27. The van der Waals surface area contributed by atoms with Crippen LogP contribution in [-0.4, -0.2) is 10.9 Å². The second-order valence-electron chi connectivity index (χ2n) is 8.57. The van der Waals surface area contributed by atoms with Crippen molar-refractivity contribution in [3.8, 4) is 0 Å². The number of nitrogens with zero attached hydrogens (tertiary/aromatic N) is 1. The summed E-state index contributed by atoms with van der Waals surface area (Å²) in [5.74, 6) is -0.0144. The molecule has 1 aromatic heterocycles. The van der Waals surface area contributed by atoms with Gasteiger partial charge < -0.3 is 9.88 Å². The van der Waals surface area contributed by atoms with Crippen LogP contribution in [0.4, 0.5) is 5.69 Å². The average Bonchev–Trinajstić information content (AvgIpc) is 2.62. The number of aromatic nitrogens is 1. The fourth-order valence-corrected chi connectivity index (χ4v) is 3.30. The molecule has 0 aliphatic rings. The molecular weight excluding hydrogens is 348 g/mol. The fourth-order valence-electron chi connectivity index (χ4n) is 3.30. The summed E-state index contributed by atoms with van der Waals surface area (Å²) in [4.78, 5) is 30.7. The van der Waals surface area contributed by atoms with Crippen molar-refractivity contribution >= 4 is 22.5 Å². The summed E-state index contributed by atoms with van der Waals surface area (Å²) in [7, 11) is 0. The van der Waals surface area contributed by atoms with Gasteiger partial charge in [0.15, 0.2) is 0 Å². The predicted octanol–water partition coefficient (Wildman–Crippen LogP) is 5.03. The van der Waals surface area contributed by atoms with E-state index in [0.717, 1.165) is 27.7 Å². The molecule has 1 heterocycles. The van der Waals surface area contributed by atoms with E-state index < -0.39 is 5.41 Å². The number of para-hydroxylation sites is 1. The highest BCUT2D eigenvalue weighted by molar-refractivity contribution is 5.97. The maximum atomic E-state index is 13.2. The summed E-state index contributed by atoms with van der Waals surface area (Å²) in [6, 6.07) is 13.8. The number of rotatable bonds is 3. The van der Waals surface area contributed by atoms with Crippen LogP contribution >= 0.6 is 0 Å². The third-order valence-electron chi connectivity index (χ3n) is 5.18. The molecule has 0 aliphatic carbocycles. The molecule has 0 unspecified atom stereocenters. The Morgan fingerprint density at radius 2 is 1.68 bits per heavy atom. The van der Waals surface area contributed by atoms with Crippen LogP contribution in [0.3, 0.4) is 0 Å². The van der Waals surface area contributed by atoms with Gasteiger partial charge in [0.05, 0.1) is 12.1 Å². The van der Waals surface area contributed by atoms with Gasteiger partial charge in [0.25, 0.3) is 5.56 Å². The Morgan fingerprint density at radius 3 is 2.32 bits per heavy atom. The number of benzene rings is 2. The van der Waals surface area contributed by atoms with Crippen LogP contribution in [-0.2, 0) is 11.3 Å². The van der Waals surface area contributed by atoms with Crippen molar-refractivity contribution in [2.45, 2.75) is 48.1 Å². The van der Waals surface area contributed by atoms with Crippen molar-refractivity contribution in [1.82, 2.24) is 4.98 Å². The molecule has 3 aromatic rings. The highest BCUT2D eigenvalue weighted by Gasteiger charge is 2.29. The Balaban J connectivity index is 2.10. The van der Waals surface area contributed by atoms with Crippen LogP contribution < -0.4 is 10.5 Å². The molecule has 1 N–H and O–H groups in total. The van der Waals surface area contributed by atoms with E-state index in [9.17, 15) is 9.59 Å². The standard InChI is InChI=1S/C24H28N2O2/c1-15-10-11-20(12-17(15)3)26(23(28)24(4,5)6)14-19-13-18-9-7-8-16(2)21(18)25-22(19)27/h7-13H,14H2,1-6H3,(H,25,27). The summed E-state index contributed by atoms with van der Waals surface area (Å²) in [6.07, 6.45) is 0. The number of amides is 1. The van der Waals surface area contributed by atoms with Gasteiger partial charge in [0.2, 0.25) is 5.91 Å². The minimum absolute atomic E-state index is 0.0144. The van der Waals surface area contributed by atoms with Crippen molar-refractivity contribution in [3.63, 3.8) is 0 Å². The number of hydrogen-bond donors (Lipinski definition) is 1. The first kappa shape index (κ1) is 19.9. The van der Waals surface area contributed by atoms with Gasteiger partial charge in [-0.1, -0.05) is 45.0 Å². The van der Waals surface area contributed by atoms with E-state index in [4.69, 9.17) is 0 Å². The number of carbonyl (C=O) groups excluding carboxylic acids is 1. The summed E-state index contributed by atoms with van der Waals surface area (Å²) in [5, 5.41) is 0.970. The Hall–Kier alpha value is -2.88. The highest BCUT2D eigenvalue weighted by Crippen LogP contribution is 2.27. The summed E-state index contributed by atoms with van der Waals surface area (Å²) < 4.78 is 0. The topological polar surface area (TPSA) is 53.2 Å². The minimum atomic E-state index is -0.557. The van der Waals surface area contributed by atoms with Crippen molar-refractivity contribution in [3.05, 3.63) is 75.1 Å². The largest absolute Gasteiger partial charge is 0.321 e. The Labute approximate surface area is 166 Å². The van der Waals surface area contributed by atoms with Crippen LogP contribution in [0.15, 0.2) is 47.3 Å². The predicted molar refractivity (Wildman–Crippen MR) is 116 cm³/mol. The van der Waals surface area contributed by atoms with E-state index in [0.29, 0.717) is 5.56 Å². The van der Waals surface area contributed by atoms with Gasteiger partial charge in [0, 0.05) is 16.7 Å². The van der Waals surface area contributed by atoms with Gasteiger partial charge in [-0.3, -0.25) is 9.59 Å². The lowest BCUT2D eigenvalue weighted by atomic mass is 9.93. The van der Waals surface area contributed by atoms with E-state index >= 15 is 0 Å². The molecule has 2 aromatic carbocycles. The van der Waals surface area contributed by atoms with Crippen LogP contribution in [0.5, 0.6) is 0 Å². The maximum absolute atomic E-state index is 13.2. The van der Waals surface area contributed by atoms with E-state index in [1.807, 2.05) is 84.0 Å². The van der Waals surface area contributed by atoms with Crippen LogP contribution in [0.2, 0.25) is 0 Å². The fraction of sp³-hybridized carbons (Fsp3) is 0.333. The molecule has 0 radical (unpaired) electrons. The number of anilines is 1. The lowest BCUT2D eigenvalue weighted by Gasteiger charge is -2.30. The highest BCUT2D eigenvalue weighted by atomic mass is 16.2. The number of hydrogen-bond acceptors (Lipinski definition) is 2. The SMILES string of the molecule is Cc1ccc(N(Cc2cc3cccc(C)c3[nH]c2=O)C(=O)C(C)(C)C)cc1C. The summed E-state index contributed by atoms with van der Waals surface area (Å²) in [6.45, 7) is 12.0. The van der Waals surface area contributed by atoms with Crippen LogP contribution in [0, 0.1) is 26.2 Å². The molecule has 0 spiro atoms. The first-order valence-corrected chi connectivity index (χ1v) is 9.58. The van der Waals surface area contributed by atoms with E-state index in [-0.39, 0.29) is 18.0 Å². The number of aryl methyl sites for hydroxylation is 3. The van der Waals surface area contributed by atoms with Gasteiger partial charge in [-0.05, 0) is 61.0 Å². The first-order valence-electron chi connectivity index (χ1n) is 9.58. The molecule has 0 saturated carbocycles. The second-order valence-corrected chi connectivity index (χ2v) is 8.57. The molecule has 3 rings (SSSR count). The number of fused-ring (bicyclic) bond motifs is 1. The molecule has 0 bridgehead atoms. The van der Waals surface area contributed by atoms with Crippen molar-refractivity contribution in [1.29, 1.82) is 0 Å². The zero-order valence-corrected chi connectivity index (χ0v) is 17.5. The Kier molecular flexibility index (Phi) is 5.16. The van der Waals surface area contributed by atoms with Gasteiger partial charge in [-0.15, -0.1) is 0 Å². The minimum Gasteiger partial charge on any atom is -0.321 e. The van der Waals surface area contributed by atoms with E-state index in [1.165, 1.54) is 5.56 Å². The van der Waals surface area contributed by atoms with Crippen LogP contribution in [0.1, 0.15) is 43.0 Å². The molecule has 1 amide bonds. The third-order valence-corrected chi connectivity index (χ3v) is 5.18. The zero-order valence-electron chi connectivity index (χ0n) is 17.5. The quantitative estimate of drug-likeness (QED) is 0.697. The summed E-state index contributed by atoms with van der Waals surface area (Å²) in [5.41, 5.74) is 4.84. The lowest BCUT2D eigenvalue weighted by Crippen LogP contribution is -2.40. The average molecular weight is 377 g/mol. The van der Waals surface area contributed by atoms with Gasteiger partial charge in [-0.25, -0.2) is 0 Å². The van der Waals surface area contributed by atoms with Gasteiger partial charge >= 0.3 is 0 Å². The van der Waals surface area contributed by atoms with Crippen molar-refractivity contribution < 1.29 is 4.79 Å². The third kappa shape index (κ3) is 3.86. The van der Waals surface area contributed by atoms with Gasteiger partial charge in [0.1, 0.15) is 0 Å².